The molecular formula is C11H13BrClN. The van der Waals surface area contributed by atoms with E-state index in [2.05, 4.69) is 35.8 Å². The van der Waals surface area contributed by atoms with Gasteiger partial charge in [0.05, 0.1) is 0 Å². The maximum Gasteiger partial charge on any atom is 0.0417 e. The lowest BCUT2D eigenvalue weighted by Gasteiger charge is -2.05. The van der Waals surface area contributed by atoms with Crippen molar-refractivity contribution in [3.05, 3.63) is 33.3 Å². The second kappa shape index (κ2) is 3.22. The molecule has 2 atom stereocenters. The van der Waals surface area contributed by atoms with Crippen LogP contribution in [0.1, 0.15) is 25.3 Å². The summed E-state index contributed by atoms with van der Waals surface area (Å²) in [5.41, 5.74) is 7.52. The molecule has 0 spiro atoms. The summed E-state index contributed by atoms with van der Waals surface area (Å²) in [6, 6.07) is 6.17. The molecule has 2 rings (SSSR count). The molecule has 0 heterocycles. The molecule has 0 unspecified atom stereocenters. The van der Waals surface area contributed by atoms with Crippen molar-refractivity contribution in [3.8, 4) is 0 Å². The molecule has 0 radical (unpaired) electrons. The van der Waals surface area contributed by atoms with E-state index in [1.807, 2.05) is 12.1 Å². The summed E-state index contributed by atoms with van der Waals surface area (Å²) in [4.78, 5) is 0. The highest BCUT2D eigenvalue weighted by molar-refractivity contribution is 9.10. The lowest BCUT2D eigenvalue weighted by molar-refractivity contribution is 0.598. The first-order valence-electron chi connectivity index (χ1n) is 4.65. The summed E-state index contributed by atoms with van der Waals surface area (Å²) in [5.74, 6) is 0.453. The van der Waals surface area contributed by atoms with E-state index in [0.29, 0.717) is 5.92 Å². The Labute approximate surface area is 97.8 Å². The van der Waals surface area contributed by atoms with Gasteiger partial charge in [-0.3, -0.25) is 0 Å². The molecular weight excluding hydrogens is 261 g/mol. The summed E-state index contributed by atoms with van der Waals surface area (Å²) >= 11 is 9.42. The number of benzene rings is 1. The molecule has 76 valence electrons. The van der Waals surface area contributed by atoms with E-state index in [4.69, 9.17) is 17.3 Å². The van der Waals surface area contributed by atoms with Gasteiger partial charge >= 0.3 is 0 Å². The van der Waals surface area contributed by atoms with Crippen LogP contribution in [-0.2, 0) is 0 Å². The Morgan fingerprint density at radius 3 is 2.43 bits per heavy atom. The van der Waals surface area contributed by atoms with Crippen molar-refractivity contribution in [1.82, 2.24) is 0 Å². The van der Waals surface area contributed by atoms with E-state index in [9.17, 15) is 0 Å². The monoisotopic (exact) mass is 273 g/mol. The Morgan fingerprint density at radius 1 is 1.43 bits per heavy atom. The topological polar surface area (TPSA) is 26.0 Å². The van der Waals surface area contributed by atoms with Crippen LogP contribution in [0.25, 0.3) is 0 Å². The summed E-state index contributed by atoms with van der Waals surface area (Å²) in [5, 5.41) is 0.757. The standard InChI is InChI=1S/C11H13BrClN/c1-11(2)9(10(11)14)7-4-3-6(13)5-8(7)12/h3-5,9-10H,14H2,1-2H3/t9-,10-/m1/s1. The van der Waals surface area contributed by atoms with Crippen molar-refractivity contribution >= 4 is 27.5 Å². The van der Waals surface area contributed by atoms with E-state index in [1.165, 1.54) is 5.56 Å². The first-order valence-corrected chi connectivity index (χ1v) is 5.82. The normalized spacial score (nSPS) is 28.9. The van der Waals surface area contributed by atoms with Crippen LogP contribution < -0.4 is 5.73 Å². The third-order valence-electron chi connectivity index (χ3n) is 3.21. The number of nitrogens with two attached hydrogens (primary N) is 1. The summed E-state index contributed by atoms with van der Waals surface area (Å²) in [7, 11) is 0. The summed E-state index contributed by atoms with van der Waals surface area (Å²) in [6.45, 7) is 4.40. The van der Waals surface area contributed by atoms with Gasteiger partial charge < -0.3 is 5.73 Å². The number of halogens is 2. The van der Waals surface area contributed by atoms with Crippen LogP contribution >= 0.6 is 27.5 Å². The molecule has 0 bridgehead atoms. The average molecular weight is 275 g/mol. The first kappa shape index (κ1) is 10.5. The SMILES string of the molecule is CC1(C)[C@H](N)[C@H]1c1ccc(Cl)cc1Br. The highest BCUT2D eigenvalue weighted by atomic mass is 79.9. The molecule has 1 aliphatic carbocycles. The zero-order valence-electron chi connectivity index (χ0n) is 8.22. The first-order chi connectivity index (χ1) is 6.44. The van der Waals surface area contributed by atoms with Gasteiger partial charge in [0.25, 0.3) is 0 Å². The lowest BCUT2D eigenvalue weighted by atomic mass is 10.0. The highest BCUT2D eigenvalue weighted by Crippen LogP contribution is 2.58. The quantitative estimate of drug-likeness (QED) is 0.833. The molecule has 0 aromatic heterocycles. The van der Waals surface area contributed by atoms with Crippen molar-refractivity contribution in [3.63, 3.8) is 0 Å². The van der Waals surface area contributed by atoms with Crippen LogP contribution in [0.5, 0.6) is 0 Å². The van der Waals surface area contributed by atoms with Crippen molar-refractivity contribution in [2.45, 2.75) is 25.8 Å². The molecule has 1 aromatic rings. The van der Waals surface area contributed by atoms with E-state index < -0.39 is 0 Å². The third-order valence-corrected chi connectivity index (χ3v) is 4.13. The number of rotatable bonds is 1. The van der Waals surface area contributed by atoms with Gasteiger partial charge in [0, 0.05) is 21.5 Å². The Morgan fingerprint density at radius 2 is 2.00 bits per heavy atom. The Kier molecular flexibility index (Phi) is 2.41. The molecule has 0 saturated heterocycles. The number of hydrogen-bond donors (Lipinski definition) is 1. The molecule has 14 heavy (non-hydrogen) atoms. The second-order valence-electron chi connectivity index (χ2n) is 4.49. The van der Waals surface area contributed by atoms with Crippen LogP contribution in [0.4, 0.5) is 0 Å². The Hall–Kier alpha value is -0.0500. The predicted molar refractivity (Wildman–Crippen MR) is 63.6 cm³/mol. The van der Waals surface area contributed by atoms with Gasteiger partial charge in [-0.2, -0.15) is 0 Å². The van der Waals surface area contributed by atoms with Gasteiger partial charge in [0.2, 0.25) is 0 Å². The molecule has 3 heteroatoms. The van der Waals surface area contributed by atoms with Gasteiger partial charge in [-0.1, -0.05) is 47.4 Å². The third kappa shape index (κ3) is 1.50. The van der Waals surface area contributed by atoms with E-state index in [-0.39, 0.29) is 11.5 Å². The molecule has 1 saturated carbocycles. The fraction of sp³-hybridized carbons (Fsp3) is 0.455. The van der Waals surface area contributed by atoms with Crippen LogP contribution in [0.3, 0.4) is 0 Å². The molecule has 1 aromatic carbocycles. The van der Waals surface area contributed by atoms with Gasteiger partial charge in [-0.05, 0) is 23.1 Å². The zero-order valence-corrected chi connectivity index (χ0v) is 10.6. The molecule has 0 amide bonds. The van der Waals surface area contributed by atoms with Crippen LogP contribution in [0.2, 0.25) is 5.02 Å². The Bertz CT molecular complexity index is 376. The predicted octanol–water partition coefficient (Wildman–Crippen LogP) is 3.55. The van der Waals surface area contributed by atoms with Crippen molar-refractivity contribution < 1.29 is 0 Å². The minimum Gasteiger partial charge on any atom is -0.327 e. The maximum atomic E-state index is 6.03. The highest BCUT2D eigenvalue weighted by Gasteiger charge is 2.56. The Balaban J connectivity index is 2.36. The minimum absolute atomic E-state index is 0.219. The summed E-state index contributed by atoms with van der Waals surface area (Å²) in [6.07, 6.45) is 0. The smallest absolute Gasteiger partial charge is 0.0417 e. The van der Waals surface area contributed by atoms with Gasteiger partial charge in [-0.25, -0.2) is 0 Å². The average Bonchev–Trinajstić information content (AvgIpc) is 2.54. The molecule has 1 aliphatic rings. The van der Waals surface area contributed by atoms with E-state index in [1.54, 1.807) is 0 Å². The van der Waals surface area contributed by atoms with Crippen molar-refractivity contribution in [2.24, 2.45) is 11.1 Å². The van der Waals surface area contributed by atoms with Gasteiger partial charge in [0.15, 0.2) is 0 Å². The van der Waals surface area contributed by atoms with Crippen LogP contribution in [0, 0.1) is 5.41 Å². The molecule has 0 aliphatic heterocycles. The van der Waals surface area contributed by atoms with E-state index >= 15 is 0 Å². The maximum absolute atomic E-state index is 6.03. The van der Waals surface area contributed by atoms with Crippen molar-refractivity contribution in [2.75, 3.05) is 0 Å². The van der Waals surface area contributed by atoms with E-state index in [0.717, 1.165) is 9.50 Å². The molecule has 1 fully saturated rings. The molecule has 2 N–H and O–H groups in total. The fourth-order valence-electron chi connectivity index (χ4n) is 2.03. The number of hydrogen-bond acceptors (Lipinski definition) is 1. The second-order valence-corrected chi connectivity index (χ2v) is 5.78. The summed E-state index contributed by atoms with van der Waals surface area (Å²) < 4.78 is 1.07. The largest absolute Gasteiger partial charge is 0.327 e. The van der Waals surface area contributed by atoms with Crippen LogP contribution in [0.15, 0.2) is 22.7 Å². The zero-order chi connectivity index (χ0) is 10.5. The van der Waals surface area contributed by atoms with Crippen molar-refractivity contribution in [1.29, 1.82) is 0 Å². The fourth-order valence-corrected chi connectivity index (χ4v) is 2.95. The lowest BCUT2D eigenvalue weighted by Crippen LogP contribution is -2.06. The van der Waals surface area contributed by atoms with Gasteiger partial charge in [-0.15, -0.1) is 0 Å². The minimum atomic E-state index is 0.219. The molecule has 1 nitrogen and oxygen atoms in total. The van der Waals surface area contributed by atoms with Gasteiger partial charge in [0.1, 0.15) is 0 Å². The van der Waals surface area contributed by atoms with Crippen LogP contribution in [-0.4, -0.2) is 6.04 Å².